The molecule has 16 heavy (non-hydrogen) atoms. The fraction of sp³-hybridized carbons (Fsp3) is 0.600. The lowest BCUT2D eigenvalue weighted by atomic mass is 10.1. The highest BCUT2D eigenvalue weighted by atomic mass is 79.9. The van der Waals surface area contributed by atoms with Gasteiger partial charge in [-0.25, -0.2) is 0 Å². The lowest BCUT2D eigenvalue weighted by molar-refractivity contribution is 0.0947. The summed E-state index contributed by atoms with van der Waals surface area (Å²) in [6.45, 7) is 2.78. The fourth-order valence-corrected chi connectivity index (χ4v) is 2.17. The molecule has 1 aliphatic rings. The van der Waals surface area contributed by atoms with E-state index >= 15 is 0 Å². The smallest absolute Gasteiger partial charge is 0.255 e. The Bertz CT molecular complexity index is 384. The summed E-state index contributed by atoms with van der Waals surface area (Å²) in [5.74, 6) is 0.492. The van der Waals surface area contributed by atoms with Crippen LogP contribution in [0, 0.1) is 5.92 Å². The number of aryl methyl sites for hydroxylation is 1. The molecule has 1 fully saturated rings. The van der Waals surface area contributed by atoms with Crippen molar-refractivity contribution in [2.45, 2.75) is 6.42 Å². The van der Waals surface area contributed by atoms with Crippen molar-refractivity contribution in [3.05, 3.63) is 16.4 Å². The van der Waals surface area contributed by atoms with Gasteiger partial charge in [0, 0.05) is 13.6 Å². The number of hydrogen-bond acceptors (Lipinski definition) is 3. The fourth-order valence-electron chi connectivity index (χ4n) is 1.80. The molecule has 1 saturated heterocycles. The number of carbonyl (C=O) groups is 1. The van der Waals surface area contributed by atoms with Gasteiger partial charge in [0.05, 0.1) is 11.8 Å². The maximum Gasteiger partial charge on any atom is 0.255 e. The van der Waals surface area contributed by atoms with Crippen LogP contribution >= 0.6 is 15.9 Å². The van der Waals surface area contributed by atoms with Crippen LogP contribution in [0.4, 0.5) is 0 Å². The van der Waals surface area contributed by atoms with Crippen molar-refractivity contribution in [1.29, 1.82) is 0 Å². The van der Waals surface area contributed by atoms with Gasteiger partial charge in [-0.1, -0.05) is 0 Å². The predicted molar refractivity (Wildman–Crippen MR) is 64.2 cm³/mol. The van der Waals surface area contributed by atoms with Gasteiger partial charge in [0.25, 0.3) is 5.91 Å². The minimum Gasteiger partial charge on any atom is -0.352 e. The molecule has 0 bridgehead atoms. The number of hydrogen-bond donors (Lipinski definition) is 2. The van der Waals surface area contributed by atoms with E-state index in [2.05, 4.69) is 31.7 Å². The number of rotatable bonds is 3. The molecule has 6 heteroatoms. The summed E-state index contributed by atoms with van der Waals surface area (Å²) in [6.07, 6.45) is 2.71. The summed E-state index contributed by atoms with van der Waals surface area (Å²) in [6, 6.07) is 0. The first-order valence-electron chi connectivity index (χ1n) is 5.35. The minimum atomic E-state index is -0.0631. The highest BCUT2D eigenvalue weighted by Crippen LogP contribution is 2.15. The van der Waals surface area contributed by atoms with E-state index in [-0.39, 0.29) is 5.91 Å². The Kier molecular flexibility index (Phi) is 3.60. The Morgan fingerprint density at radius 3 is 3.19 bits per heavy atom. The van der Waals surface area contributed by atoms with Crippen LogP contribution in [0.2, 0.25) is 0 Å². The van der Waals surface area contributed by atoms with E-state index < -0.39 is 0 Å². The predicted octanol–water partition coefficient (Wildman–Crippen LogP) is 0.522. The number of carbonyl (C=O) groups excluding carboxylic acids is 1. The van der Waals surface area contributed by atoms with Gasteiger partial charge in [0.2, 0.25) is 0 Å². The second-order valence-electron chi connectivity index (χ2n) is 4.04. The lowest BCUT2D eigenvalue weighted by Crippen LogP contribution is -2.30. The van der Waals surface area contributed by atoms with Gasteiger partial charge < -0.3 is 10.6 Å². The maximum absolute atomic E-state index is 11.8. The minimum absolute atomic E-state index is 0.0631. The summed E-state index contributed by atoms with van der Waals surface area (Å²) < 4.78 is 2.35. The van der Waals surface area contributed by atoms with E-state index in [1.807, 2.05) is 0 Å². The lowest BCUT2D eigenvalue weighted by Gasteiger charge is -2.09. The third kappa shape index (κ3) is 2.44. The molecule has 2 N–H and O–H groups in total. The Morgan fingerprint density at radius 2 is 2.62 bits per heavy atom. The molecule has 0 radical (unpaired) electrons. The highest BCUT2D eigenvalue weighted by Gasteiger charge is 2.18. The van der Waals surface area contributed by atoms with Crippen molar-refractivity contribution in [2.24, 2.45) is 13.0 Å². The molecule has 1 aromatic rings. The van der Waals surface area contributed by atoms with E-state index in [1.54, 1.807) is 17.9 Å². The second-order valence-corrected chi connectivity index (χ2v) is 4.79. The Labute approximate surface area is 103 Å². The van der Waals surface area contributed by atoms with E-state index in [1.165, 1.54) is 0 Å². The SMILES string of the molecule is Cn1ncc(C(=O)NCC2CCNC2)c1Br. The van der Waals surface area contributed by atoms with Crippen LogP contribution in [0.5, 0.6) is 0 Å². The first kappa shape index (κ1) is 11.6. The zero-order chi connectivity index (χ0) is 11.5. The first-order valence-corrected chi connectivity index (χ1v) is 6.14. The quantitative estimate of drug-likeness (QED) is 0.852. The van der Waals surface area contributed by atoms with Crippen molar-refractivity contribution < 1.29 is 4.79 Å². The first-order chi connectivity index (χ1) is 7.68. The third-order valence-electron chi connectivity index (χ3n) is 2.82. The molecular weight excluding hydrogens is 272 g/mol. The van der Waals surface area contributed by atoms with Crippen molar-refractivity contribution in [3.63, 3.8) is 0 Å². The largest absolute Gasteiger partial charge is 0.352 e. The summed E-state index contributed by atoms with van der Waals surface area (Å²) in [5, 5.41) is 10.2. The number of nitrogens with one attached hydrogen (secondary N) is 2. The molecule has 2 heterocycles. The number of aromatic nitrogens is 2. The van der Waals surface area contributed by atoms with Crippen molar-refractivity contribution in [1.82, 2.24) is 20.4 Å². The number of nitrogens with zero attached hydrogens (tertiary/aromatic N) is 2. The van der Waals surface area contributed by atoms with Gasteiger partial charge in [-0.15, -0.1) is 0 Å². The average Bonchev–Trinajstić information content (AvgIpc) is 2.88. The molecule has 0 spiro atoms. The Morgan fingerprint density at radius 1 is 1.81 bits per heavy atom. The highest BCUT2D eigenvalue weighted by molar-refractivity contribution is 9.10. The van der Waals surface area contributed by atoms with Crippen molar-refractivity contribution in [2.75, 3.05) is 19.6 Å². The second kappa shape index (κ2) is 4.97. The normalized spacial score (nSPS) is 20.0. The zero-order valence-corrected chi connectivity index (χ0v) is 10.7. The number of halogens is 1. The van der Waals surface area contributed by atoms with E-state index in [0.717, 1.165) is 30.7 Å². The van der Waals surface area contributed by atoms with Gasteiger partial charge in [-0.3, -0.25) is 9.48 Å². The van der Waals surface area contributed by atoms with Crippen LogP contribution in [0.3, 0.4) is 0 Å². The summed E-state index contributed by atoms with van der Waals surface area (Å²) in [4.78, 5) is 11.8. The van der Waals surface area contributed by atoms with E-state index in [4.69, 9.17) is 0 Å². The van der Waals surface area contributed by atoms with Gasteiger partial charge in [-0.05, 0) is 41.4 Å². The molecule has 1 aliphatic heterocycles. The van der Waals surface area contributed by atoms with Crippen LogP contribution in [0.15, 0.2) is 10.8 Å². The summed E-state index contributed by atoms with van der Waals surface area (Å²) in [7, 11) is 1.79. The van der Waals surface area contributed by atoms with Crippen LogP contribution in [-0.2, 0) is 7.05 Å². The molecule has 1 unspecified atom stereocenters. The molecule has 1 atom stereocenters. The molecule has 0 aromatic carbocycles. The standard InChI is InChI=1S/C10H15BrN4O/c1-15-9(11)8(6-14-15)10(16)13-5-7-2-3-12-4-7/h6-7,12H,2-5H2,1H3,(H,13,16). The van der Waals surface area contributed by atoms with Gasteiger partial charge >= 0.3 is 0 Å². The molecule has 88 valence electrons. The topological polar surface area (TPSA) is 59.0 Å². The van der Waals surface area contributed by atoms with Gasteiger partial charge in [-0.2, -0.15) is 5.10 Å². The zero-order valence-electron chi connectivity index (χ0n) is 9.16. The van der Waals surface area contributed by atoms with E-state index in [9.17, 15) is 4.79 Å². The molecule has 1 amide bonds. The van der Waals surface area contributed by atoms with Crippen LogP contribution in [-0.4, -0.2) is 35.3 Å². The van der Waals surface area contributed by atoms with E-state index in [0.29, 0.717) is 11.5 Å². The third-order valence-corrected chi connectivity index (χ3v) is 3.77. The maximum atomic E-state index is 11.8. The van der Waals surface area contributed by atoms with Crippen LogP contribution in [0.1, 0.15) is 16.8 Å². The van der Waals surface area contributed by atoms with Crippen molar-refractivity contribution >= 4 is 21.8 Å². The average molecular weight is 287 g/mol. The Hall–Kier alpha value is -0.880. The Balaban J connectivity index is 1.90. The van der Waals surface area contributed by atoms with Crippen LogP contribution < -0.4 is 10.6 Å². The van der Waals surface area contributed by atoms with Crippen molar-refractivity contribution in [3.8, 4) is 0 Å². The molecule has 1 aromatic heterocycles. The van der Waals surface area contributed by atoms with Gasteiger partial charge in [0.15, 0.2) is 0 Å². The number of amides is 1. The summed E-state index contributed by atoms with van der Waals surface area (Å²) in [5.41, 5.74) is 0.591. The molecular formula is C10H15BrN4O. The molecule has 0 aliphatic carbocycles. The molecule has 5 nitrogen and oxygen atoms in total. The molecule has 0 saturated carbocycles. The monoisotopic (exact) mass is 286 g/mol. The molecule has 2 rings (SSSR count). The summed E-state index contributed by atoms with van der Waals surface area (Å²) >= 11 is 3.33. The van der Waals surface area contributed by atoms with Gasteiger partial charge in [0.1, 0.15) is 4.60 Å². The van der Waals surface area contributed by atoms with Crippen LogP contribution in [0.25, 0.3) is 0 Å².